The monoisotopic (exact) mass is 436 g/mol. The summed E-state index contributed by atoms with van der Waals surface area (Å²) in [5.74, 6) is 0.387. The van der Waals surface area contributed by atoms with Gasteiger partial charge in [-0.15, -0.1) is 0 Å². The fraction of sp³-hybridized carbons (Fsp3) is 0.375. The van der Waals surface area contributed by atoms with E-state index in [0.717, 1.165) is 32.7 Å². The Kier molecular flexibility index (Phi) is 6.73. The van der Waals surface area contributed by atoms with Crippen molar-refractivity contribution in [3.8, 4) is 0 Å². The Morgan fingerprint density at radius 2 is 1.68 bits per heavy atom. The van der Waals surface area contributed by atoms with Crippen LogP contribution in [0.15, 0.2) is 64.5 Å². The molecule has 0 unspecified atom stereocenters. The fourth-order valence-electron chi connectivity index (χ4n) is 3.90. The van der Waals surface area contributed by atoms with Crippen LogP contribution in [0.4, 0.5) is 0 Å². The molecule has 0 bridgehead atoms. The Balaban J connectivity index is 1.38. The minimum absolute atomic E-state index is 0.0243. The number of amides is 1. The molecular formula is C24H28N4O2S. The van der Waals surface area contributed by atoms with E-state index in [0.29, 0.717) is 16.1 Å². The van der Waals surface area contributed by atoms with Gasteiger partial charge in [-0.05, 0) is 31.5 Å². The second-order valence-corrected chi connectivity index (χ2v) is 9.05. The number of carbonyl (C=O) groups is 1. The predicted molar refractivity (Wildman–Crippen MR) is 125 cm³/mol. The lowest BCUT2D eigenvalue weighted by molar-refractivity contribution is -0.130. The van der Waals surface area contributed by atoms with Gasteiger partial charge < -0.3 is 4.90 Å². The normalized spacial score (nSPS) is 15.0. The number of para-hydroxylation sites is 1. The predicted octanol–water partition coefficient (Wildman–Crippen LogP) is 3.41. The zero-order valence-corrected chi connectivity index (χ0v) is 18.8. The van der Waals surface area contributed by atoms with Gasteiger partial charge in [-0.1, -0.05) is 54.2 Å². The number of carbonyl (C=O) groups excluding carboxylic acids is 1. The molecule has 0 radical (unpaired) electrons. The van der Waals surface area contributed by atoms with Crippen LogP contribution in [0, 0.1) is 0 Å². The summed E-state index contributed by atoms with van der Waals surface area (Å²) in [6.07, 6.45) is 0. The zero-order chi connectivity index (χ0) is 21.8. The molecule has 1 aliphatic rings. The lowest BCUT2D eigenvalue weighted by Crippen LogP contribution is -2.48. The van der Waals surface area contributed by atoms with Gasteiger partial charge in [-0.3, -0.25) is 19.1 Å². The molecule has 7 heteroatoms. The molecule has 31 heavy (non-hydrogen) atoms. The van der Waals surface area contributed by atoms with Gasteiger partial charge in [-0.2, -0.15) is 0 Å². The van der Waals surface area contributed by atoms with Crippen LogP contribution in [0.2, 0.25) is 0 Å². The summed E-state index contributed by atoms with van der Waals surface area (Å²) in [6, 6.07) is 17.8. The van der Waals surface area contributed by atoms with Crippen LogP contribution in [0.5, 0.6) is 0 Å². The van der Waals surface area contributed by atoms with Crippen molar-refractivity contribution in [3.05, 3.63) is 70.5 Å². The molecule has 4 rings (SSSR count). The number of hydrogen-bond donors (Lipinski definition) is 0. The highest BCUT2D eigenvalue weighted by atomic mass is 32.2. The van der Waals surface area contributed by atoms with Gasteiger partial charge in [0.2, 0.25) is 5.91 Å². The Hall–Kier alpha value is -2.64. The Morgan fingerprint density at radius 3 is 2.39 bits per heavy atom. The summed E-state index contributed by atoms with van der Waals surface area (Å²) in [6.45, 7) is 8.06. The number of piperazine rings is 1. The summed E-state index contributed by atoms with van der Waals surface area (Å²) in [5.41, 5.74) is 1.92. The average Bonchev–Trinajstić information content (AvgIpc) is 2.78. The topological polar surface area (TPSA) is 58.4 Å². The van der Waals surface area contributed by atoms with Gasteiger partial charge in [0.25, 0.3) is 5.56 Å². The van der Waals surface area contributed by atoms with Crippen LogP contribution < -0.4 is 5.56 Å². The third kappa shape index (κ3) is 4.99. The van der Waals surface area contributed by atoms with Crippen LogP contribution >= 0.6 is 11.8 Å². The maximum absolute atomic E-state index is 12.9. The van der Waals surface area contributed by atoms with Crippen LogP contribution in [-0.4, -0.2) is 57.2 Å². The van der Waals surface area contributed by atoms with E-state index in [1.165, 1.54) is 17.3 Å². The molecule has 0 spiro atoms. The summed E-state index contributed by atoms with van der Waals surface area (Å²) < 4.78 is 1.69. The first kappa shape index (κ1) is 21.6. The Bertz CT molecular complexity index is 1110. The van der Waals surface area contributed by atoms with E-state index in [1.807, 2.05) is 43.0 Å². The SMILES string of the molecule is CC(C)n1c(SCC(=O)N2CCN(Cc3ccccc3)CC2)nc2ccccc2c1=O. The average molecular weight is 437 g/mol. The molecule has 0 saturated carbocycles. The third-order valence-corrected chi connectivity index (χ3v) is 6.53. The Labute approximate surface area is 186 Å². The van der Waals surface area contributed by atoms with E-state index in [4.69, 9.17) is 0 Å². The first-order valence-corrected chi connectivity index (χ1v) is 11.7. The van der Waals surface area contributed by atoms with Crippen molar-refractivity contribution in [3.63, 3.8) is 0 Å². The molecule has 1 fully saturated rings. The summed E-state index contributed by atoms with van der Waals surface area (Å²) in [4.78, 5) is 34.8. The van der Waals surface area contributed by atoms with Crippen molar-refractivity contribution < 1.29 is 4.79 Å². The number of hydrogen-bond acceptors (Lipinski definition) is 5. The van der Waals surface area contributed by atoms with Gasteiger partial charge in [0.05, 0.1) is 16.7 Å². The van der Waals surface area contributed by atoms with Crippen LogP contribution in [0.1, 0.15) is 25.5 Å². The number of fused-ring (bicyclic) bond motifs is 1. The van der Waals surface area contributed by atoms with Crippen LogP contribution in [0.25, 0.3) is 10.9 Å². The van der Waals surface area contributed by atoms with Crippen molar-refractivity contribution in [2.45, 2.75) is 31.6 Å². The zero-order valence-electron chi connectivity index (χ0n) is 18.0. The highest BCUT2D eigenvalue weighted by Crippen LogP contribution is 2.21. The van der Waals surface area contributed by atoms with E-state index >= 15 is 0 Å². The van der Waals surface area contributed by atoms with E-state index < -0.39 is 0 Å². The van der Waals surface area contributed by atoms with Gasteiger partial charge in [0, 0.05) is 38.8 Å². The highest BCUT2D eigenvalue weighted by Gasteiger charge is 2.22. The maximum atomic E-state index is 12.9. The largest absolute Gasteiger partial charge is 0.339 e. The van der Waals surface area contributed by atoms with E-state index in [-0.39, 0.29) is 23.3 Å². The molecule has 1 aromatic heterocycles. The molecule has 1 saturated heterocycles. The molecular weight excluding hydrogens is 408 g/mol. The number of thioether (sulfide) groups is 1. The number of rotatable bonds is 6. The molecule has 3 aromatic rings. The van der Waals surface area contributed by atoms with Crippen molar-refractivity contribution in [1.29, 1.82) is 0 Å². The fourth-order valence-corrected chi connectivity index (χ4v) is 4.93. The molecule has 1 amide bonds. The molecule has 1 aliphatic heterocycles. The van der Waals surface area contributed by atoms with Crippen molar-refractivity contribution >= 4 is 28.6 Å². The third-order valence-electron chi connectivity index (χ3n) is 5.59. The first-order valence-electron chi connectivity index (χ1n) is 10.7. The lowest BCUT2D eigenvalue weighted by atomic mass is 10.2. The summed E-state index contributed by atoms with van der Waals surface area (Å²) in [7, 11) is 0. The lowest BCUT2D eigenvalue weighted by Gasteiger charge is -2.34. The molecule has 2 heterocycles. The van der Waals surface area contributed by atoms with Crippen molar-refractivity contribution in [2.75, 3.05) is 31.9 Å². The molecule has 162 valence electrons. The summed E-state index contributed by atoms with van der Waals surface area (Å²) >= 11 is 1.36. The van der Waals surface area contributed by atoms with E-state index in [1.54, 1.807) is 10.6 Å². The molecule has 2 aromatic carbocycles. The number of aromatic nitrogens is 2. The second-order valence-electron chi connectivity index (χ2n) is 8.11. The summed E-state index contributed by atoms with van der Waals surface area (Å²) in [5, 5.41) is 1.22. The van der Waals surface area contributed by atoms with Gasteiger partial charge in [0.1, 0.15) is 0 Å². The van der Waals surface area contributed by atoms with Gasteiger partial charge >= 0.3 is 0 Å². The molecule has 6 nitrogen and oxygen atoms in total. The minimum Gasteiger partial charge on any atom is -0.339 e. The Morgan fingerprint density at radius 1 is 1.00 bits per heavy atom. The standard InChI is InChI=1S/C24H28N4O2S/c1-18(2)28-23(30)20-10-6-7-11-21(20)25-24(28)31-17-22(29)27-14-12-26(13-15-27)16-19-8-4-3-5-9-19/h3-11,18H,12-17H2,1-2H3. The number of benzene rings is 2. The van der Waals surface area contributed by atoms with Gasteiger partial charge in [-0.25, -0.2) is 4.98 Å². The number of nitrogens with zero attached hydrogens (tertiary/aromatic N) is 4. The molecule has 0 atom stereocenters. The van der Waals surface area contributed by atoms with Crippen molar-refractivity contribution in [2.24, 2.45) is 0 Å². The first-order chi connectivity index (χ1) is 15.0. The molecule has 0 aliphatic carbocycles. The minimum atomic E-state index is -0.0509. The van der Waals surface area contributed by atoms with Gasteiger partial charge in [0.15, 0.2) is 5.16 Å². The van der Waals surface area contributed by atoms with E-state index in [9.17, 15) is 9.59 Å². The smallest absolute Gasteiger partial charge is 0.262 e. The quantitative estimate of drug-likeness (QED) is 0.438. The molecule has 0 N–H and O–H groups in total. The van der Waals surface area contributed by atoms with Crippen molar-refractivity contribution in [1.82, 2.24) is 19.4 Å². The second kappa shape index (κ2) is 9.66. The maximum Gasteiger partial charge on any atom is 0.262 e. The van der Waals surface area contributed by atoms with Crippen LogP contribution in [0.3, 0.4) is 0 Å². The van der Waals surface area contributed by atoms with Crippen LogP contribution in [-0.2, 0) is 11.3 Å². The van der Waals surface area contributed by atoms with E-state index in [2.05, 4.69) is 34.1 Å². The highest BCUT2D eigenvalue weighted by molar-refractivity contribution is 7.99.